The van der Waals surface area contributed by atoms with Crippen molar-refractivity contribution in [3.63, 3.8) is 0 Å². The molecule has 1 saturated heterocycles. The van der Waals surface area contributed by atoms with E-state index in [0.717, 1.165) is 60.4 Å². The van der Waals surface area contributed by atoms with Crippen molar-refractivity contribution >= 4 is 16.6 Å². The van der Waals surface area contributed by atoms with Gasteiger partial charge in [-0.25, -0.2) is 0 Å². The second-order valence-corrected chi connectivity index (χ2v) is 9.78. The van der Waals surface area contributed by atoms with E-state index in [1.54, 1.807) is 18.2 Å². The molecule has 0 spiro atoms. The van der Waals surface area contributed by atoms with E-state index in [-0.39, 0.29) is 16.0 Å². The van der Waals surface area contributed by atoms with Gasteiger partial charge in [0.25, 0.3) is 5.69 Å². The molecule has 2 unspecified atom stereocenters. The highest BCUT2D eigenvalue weighted by Gasteiger charge is 2.49. The largest absolute Gasteiger partial charge is 0.508 e. The zero-order valence-electron chi connectivity index (χ0n) is 17.5. The third kappa shape index (κ3) is 3.04. The van der Waals surface area contributed by atoms with Crippen molar-refractivity contribution in [1.82, 2.24) is 9.88 Å². The number of aromatic hydroxyl groups is 1. The van der Waals surface area contributed by atoms with E-state index in [4.69, 9.17) is 0 Å². The van der Waals surface area contributed by atoms with Gasteiger partial charge in [0.2, 0.25) is 0 Å². The summed E-state index contributed by atoms with van der Waals surface area (Å²) >= 11 is 0. The van der Waals surface area contributed by atoms with E-state index < -0.39 is 0 Å². The number of benzene rings is 2. The Morgan fingerprint density at radius 3 is 2.84 bits per heavy atom. The maximum absolute atomic E-state index is 11.7. The van der Waals surface area contributed by atoms with Crippen LogP contribution in [0.3, 0.4) is 0 Å². The Hall–Kier alpha value is -2.86. The van der Waals surface area contributed by atoms with Crippen molar-refractivity contribution in [2.75, 3.05) is 19.6 Å². The zero-order valence-corrected chi connectivity index (χ0v) is 17.5. The molecular formula is C25H27N3O3. The predicted octanol–water partition coefficient (Wildman–Crippen LogP) is 4.55. The molecule has 2 heterocycles. The van der Waals surface area contributed by atoms with Crippen molar-refractivity contribution in [3.8, 4) is 5.75 Å². The molecule has 0 bridgehead atoms. The summed E-state index contributed by atoms with van der Waals surface area (Å²) in [6.07, 6.45) is 5.40. The van der Waals surface area contributed by atoms with Gasteiger partial charge >= 0.3 is 0 Å². The summed E-state index contributed by atoms with van der Waals surface area (Å²) < 4.78 is 0. The lowest BCUT2D eigenvalue weighted by molar-refractivity contribution is -0.383. The third-order valence-electron chi connectivity index (χ3n) is 7.90. The summed E-state index contributed by atoms with van der Waals surface area (Å²) in [5.74, 6) is 1.53. The summed E-state index contributed by atoms with van der Waals surface area (Å²) in [7, 11) is 0. The molecule has 1 aromatic heterocycles. The van der Waals surface area contributed by atoms with Crippen molar-refractivity contribution in [2.45, 2.75) is 37.5 Å². The van der Waals surface area contributed by atoms with Crippen LogP contribution in [0, 0.1) is 22.0 Å². The Labute approximate surface area is 181 Å². The molecule has 3 aliphatic rings. The molecular weight excluding hydrogens is 390 g/mol. The molecule has 2 N–H and O–H groups in total. The van der Waals surface area contributed by atoms with Crippen molar-refractivity contribution in [2.24, 2.45) is 11.8 Å². The second kappa shape index (κ2) is 6.82. The number of phenols is 1. The lowest BCUT2D eigenvalue weighted by Gasteiger charge is -2.51. The van der Waals surface area contributed by atoms with Crippen LogP contribution in [-0.2, 0) is 18.3 Å². The zero-order chi connectivity index (χ0) is 21.2. The fraction of sp³-hybridized carbons (Fsp3) is 0.440. The summed E-state index contributed by atoms with van der Waals surface area (Å²) in [4.78, 5) is 17.6. The van der Waals surface area contributed by atoms with Crippen LogP contribution < -0.4 is 0 Å². The number of non-ortho nitro benzene ring substituents is 1. The Kier molecular flexibility index (Phi) is 4.15. The van der Waals surface area contributed by atoms with E-state index in [9.17, 15) is 15.2 Å². The fourth-order valence-corrected chi connectivity index (χ4v) is 6.20. The van der Waals surface area contributed by atoms with Crippen LogP contribution in [0.25, 0.3) is 10.9 Å². The van der Waals surface area contributed by atoms with Gasteiger partial charge in [0.05, 0.1) is 15.8 Å². The first kappa shape index (κ1) is 18.9. The van der Waals surface area contributed by atoms with E-state index >= 15 is 0 Å². The van der Waals surface area contributed by atoms with Gasteiger partial charge in [-0.1, -0.05) is 18.2 Å². The number of nitrogens with one attached hydrogen (secondary N) is 1. The van der Waals surface area contributed by atoms with Crippen LogP contribution in [0.15, 0.2) is 42.5 Å². The molecule has 2 fully saturated rings. The average Bonchev–Trinajstić information content (AvgIpc) is 3.50. The molecule has 2 atom stereocenters. The highest BCUT2D eigenvalue weighted by Crippen LogP contribution is 2.50. The van der Waals surface area contributed by atoms with Gasteiger partial charge in [-0.15, -0.1) is 0 Å². The lowest BCUT2D eigenvalue weighted by atomic mass is 9.58. The van der Waals surface area contributed by atoms with E-state index in [0.29, 0.717) is 11.7 Å². The monoisotopic (exact) mass is 417 g/mol. The van der Waals surface area contributed by atoms with Crippen LogP contribution in [0.5, 0.6) is 5.75 Å². The van der Waals surface area contributed by atoms with Gasteiger partial charge in [0, 0.05) is 30.3 Å². The van der Waals surface area contributed by atoms with Crippen molar-refractivity contribution < 1.29 is 10.0 Å². The first-order chi connectivity index (χ1) is 15.0. The molecule has 0 radical (unpaired) electrons. The van der Waals surface area contributed by atoms with E-state index in [1.165, 1.54) is 24.9 Å². The van der Waals surface area contributed by atoms with Gasteiger partial charge in [0.15, 0.2) is 0 Å². The van der Waals surface area contributed by atoms with Crippen LogP contribution in [0.4, 0.5) is 5.69 Å². The lowest BCUT2D eigenvalue weighted by Crippen LogP contribution is -2.54. The first-order valence-electron chi connectivity index (χ1n) is 11.3. The molecule has 2 aliphatic carbocycles. The number of nitro groups is 1. The Balaban J connectivity index is 1.47. The van der Waals surface area contributed by atoms with Crippen LogP contribution in [-0.4, -0.2) is 39.5 Å². The summed E-state index contributed by atoms with van der Waals surface area (Å²) in [6.45, 7) is 3.25. The topological polar surface area (TPSA) is 82.4 Å². The number of phenolic OH excluding ortho intramolecular Hbond substituents is 1. The number of H-pyrrole nitrogens is 1. The smallest absolute Gasteiger partial charge is 0.279 e. The molecule has 31 heavy (non-hydrogen) atoms. The minimum absolute atomic E-state index is 0.0541. The quantitative estimate of drug-likeness (QED) is 0.482. The summed E-state index contributed by atoms with van der Waals surface area (Å²) in [5.41, 5.74) is 4.45. The highest BCUT2D eigenvalue weighted by atomic mass is 16.6. The Morgan fingerprint density at radius 2 is 2.06 bits per heavy atom. The molecule has 160 valence electrons. The van der Waals surface area contributed by atoms with Gasteiger partial charge in [0.1, 0.15) is 5.75 Å². The van der Waals surface area contributed by atoms with Gasteiger partial charge < -0.3 is 15.0 Å². The number of aromatic nitrogens is 1. The van der Waals surface area contributed by atoms with Gasteiger partial charge in [-0.05, 0) is 79.8 Å². The maximum atomic E-state index is 11.7. The number of likely N-dealkylation sites (tertiary alicyclic amines) is 1. The number of nitro benzene ring substituents is 1. The first-order valence-corrected chi connectivity index (χ1v) is 11.3. The van der Waals surface area contributed by atoms with Gasteiger partial charge in [-0.3, -0.25) is 10.1 Å². The molecule has 0 amide bonds. The number of hydrogen-bond donors (Lipinski definition) is 2. The van der Waals surface area contributed by atoms with Crippen LogP contribution in [0.2, 0.25) is 0 Å². The summed E-state index contributed by atoms with van der Waals surface area (Å²) in [5, 5.41) is 22.7. The summed E-state index contributed by atoms with van der Waals surface area (Å²) in [6, 6.07) is 13.1. The fourth-order valence-electron chi connectivity index (χ4n) is 6.20. The third-order valence-corrected chi connectivity index (χ3v) is 7.90. The standard InChI is InChI=1S/C25H27N3O3/c29-19-4-1-3-17(11-19)25-9-10-27(14-16-7-8-16)15-18(25)12-20-22(13-25)26-21-5-2-6-23(24(20)21)28(30)31/h1-6,11,16,18,26,29H,7-10,12-15H2. The normalized spacial score (nSPS) is 25.9. The number of hydrogen-bond acceptors (Lipinski definition) is 4. The molecule has 2 aromatic carbocycles. The van der Waals surface area contributed by atoms with Crippen LogP contribution in [0.1, 0.15) is 36.1 Å². The van der Waals surface area contributed by atoms with Gasteiger partial charge in [-0.2, -0.15) is 0 Å². The number of aromatic amines is 1. The second-order valence-electron chi connectivity index (χ2n) is 9.78. The van der Waals surface area contributed by atoms with E-state index in [1.807, 2.05) is 18.2 Å². The van der Waals surface area contributed by atoms with Crippen molar-refractivity contribution in [1.29, 1.82) is 0 Å². The Bertz CT molecular complexity index is 1180. The number of piperidine rings is 1. The maximum Gasteiger partial charge on any atom is 0.279 e. The number of fused-ring (bicyclic) bond motifs is 4. The highest BCUT2D eigenvalue weighted by molar-refractivity contribution is 5.93. The molecule has 1 aliphatic heterocycles. The average molecular weight is 418 g/mol. The SMILES string of the molecule is O=[N+]([O-])c1cccc2[nH]c3c(c12)CC1CN(CC2CC2)CCC1(c1cccc(O)c1)C3. The number of nitrogens with zero attached hydrogens (tertiary/aromatic N) is 2. The predicted molar refractivity (Wildman–Crippen MR) is 119 cm³/mol. The van der Waals surface area contributed by atoms with Crippen molar-refractivity contribution in [3.05, 3.63) is 69.4 Å². The molecule has 1 saturated carbocycles. The molecule has 6 heteroatoms. The minimum atomic E-state index is -0.256. The minimum Gasteiger partial charge on any atom is -0.508 e. The number of rotatable bonds is 4. The Morgan fingerprint density at radius 1 is 1.23 bits per heavy atom. The molecule has 6 nitrogen and oxygen atoms in total. The van der Waals surface area contributed by atoms with Crippen LogP contribution >= 0.6 is 0 Å². The van der Waals surface area contributed by atoms with E-state index in [2.05, 4.69) is 16.0 Å². The molecule has 3 aromatic rings. The molecule has 6 rings (SSSR count).